The van der Waals surface area contributed by atoms with Gasteiger partial charge in [-0.25, -0.2) is 0 Å². The molecule has 4 nitrogen and oxygen atoms in total. The number of aliphatic carboxylic acids is 1. The summed E-state index contributed by atoms with van der Waals surface area (Å²) in [6, 6.07) is 0. The van der Waals surface area contributed by atoms with Crippen LogP contribution in [0.5, 0.6) is 0 Å². The van der Waals surface area contributed by atoms with E-state index in [4.69, 9.17) is 5.11 Å². The Labute approximate surface area is 92.1 Å². The van der Waals surface area contributed by atoms with E-state index in [1.54, 1.807) is 0 Å². The molecule has 0 aromatic rings. The minimum Gasteiger partial charge on any atom is -0.481 e. The minimum absolute atomic E-state index is 0.0436. The first kappa shape index (κ1) is 16.4. The number of hydrogen-bond acceptors (Lipinski definition) is 2. The lowest BCUT2D eigenvalue weighted by Gasteiger charge is -2.17. The highest BCUT2D eigenvalue weighted by Crippen LogP contribution is 2.12. The fraction of sp³-hybridized carbons (Fsp3) is 0.818. The zero-order valence-electron chi connectivity index (χ0n) is 10.4. The second kappa shape index (κ2) is 8.26. The van der Waals surface area contributed by atoms with Crippen molar-refractivity contribution in [3.8, 4) is 0 Å². The van der Waals surface area contributed by atoms with Crippen molar-refractivity contribution in [1.29, 1.82) is 0 Å². The van der Waals surface area contributed by atoms with Crippen LogP contribution in [0.15, 0.2) is 0 Å². The van der Waals surface area contributed by atoms with Gasteiger partial charge in [-0.3, -0.25) is 9.59 Å². The highest BCUT2D eigenvalue weighted by molar-refractivity contribution is 5.81. The zero-order chi connectivity index (χ0) is 12.5. The molecule has 0 spiro atoms. The van der Waals surface area contributed by atoms with Crippen molar-refractivity contribution in [2.45, 2.75) is 47.5 Å². The number of carbonyl (C=O) groups excluding carboxylic acids is 1. The molecule has 90 valence electrons. The molecule has 15 heavy (non-hydrogen) atoms. The number of carboxylic acids is 1. The molecule has 2 N–H and O–H groups in total. The third-order valence-corrected chi connectivity index (χ3v) is 1.53. The molecule has 0 aromatic carbocycles. The summed E-state index contributed by atoms with van der Waals surface area (Å²) in [6.07, 6.45) is 0.585. The van der Waals surface area contributed by atoms with Gasteiger partial charge in [0.15, 0.2) is 0 Å². The average molecular weight is 217 g/mol. The molecule has 0 aliphatic carbocycles. The van der Waals surface area contributed by atoms with Crippen LogP contribution < -0.4 is 5.32 Å². The average Bonchev–Trinajstić information content (AvgIpc) is 2.13. The lowest BCUT2D eigenvalue weighted by atomic mass is 9.96. The minimum atomic E-state index is -0.829. The van der Waals surface area contributed by atoms with Gasteiger partial charge in [0.1, 0.15) is 0 Å². The lowest BCUT2D eigenvalue weighted by molar-refractivity contribution is -0.137. The summed E-state index contributed by atoms with van der Waals surface area (Å²) in [6.45, 7) is 9.89. The molecule has 0 bridgehead atoms. The number of hydrogen-bond donors (Lipinski definition) is 2. The second-order valence-electron chi connectivity index (χ2n) is 4.00. The number of rotatable bonds is 4. The van der Waals surface area contributed by atoms with E-state index in [1.165, 1.54) is 0 Å². The van der Waals surface area contributed by atoms with Gasteiger partial charge < -0.3 is 10.4 Å². The van der Waals surface area contributed by atoms with Gasteiger partial charge in [-0.1, -0.05) is 34.6 Å². The summed E-state index contributed by atoms with van der Waals surface area (Å²) in [5, 5.41) is 11.0. The van der Waals surface area contributed by atoms with E-state index in [9.17, 15) is 9.59 Å². The van der Waals surface area contributed by atoms with Crippen LogP contribution in [-0.2, 0) is 9.59 Å². The fourth-order valence-corrected chi connectivity index (χ4v) is 0.707. The maximum atomic E-state index is 11.3. The third kappa shape index (κ3) is 10.9. The summed E-state index contributed by atoms with van der Waals surface area (Å²) in [4.78, 5) is 21.4. The van der Waals surface area contributed by atoms with Crippen molar-refractivity contribution in [3.05, 3.63) is 0 Å². The van der Waals surface area contributed by atoms with Crippen molar-refractivity contribution in [1.82, 2.24) is 5.32 Å². The normalized spacial score (nSPS) is 9.93. The van der Waals surface area contributed by atoms with Gasteiger partial charge in [0, 0.05) is 18.4 Å². The molecule has 0 aliphatic heterocycles. The largest absolute Gasteiger partial charge is 0.481 e. The van der Waals surface area contributed by atoms with Crippen molar-refractivity contribution in [2.24, 2.45) is 5.41 Å². The molecule has 0 unspecified atom stereocenters. The monoisotopic (exact) mass is 217 g/mol. The number of carbonyl (C=O) groups is 2. The van der Waals surface area contributed by atoms with Crippen molar-refractivity contribution in [3.63, 3.8) is 0 Å². The summed E-state index contributed by atoms with van der Waals surface area (Å²) >= 11 is 0. The van der Waals surface area contributed by atoms with Crippen molar-refractivity contribution in [2.75, 3.05) is 6.54 Å². The maximum absolute atomic E-state index is 11.3. The predicted octanol–water partition coefficient (Wildman–Crippen LogP) is 2.04. The first-order valence-electron chi connectivity index (χ1n) is 5.34. The molecule has 0 aromatic heterocycles. The van der Waals surface area contributed by atoms with Crippen LogP contribution >= 0.6 is 0 Å². The Morgan fingerprint density at radius 3 is 2.00 bits per heavy atom. The summed E-state index contributed by atoms with van der Waals surface area (Å²) in [7, 11) is 0. The Morgan fingerprint density at radius 1 is 1.20 bits per heavy atom. The topological polar surface area (TPSA) is 66.4 Å². The molecule has 0 radical (unpaired) electrons. The second-order valence-corrected chi connectivity index (χ2v) is 4.00. The number of nitrogens with one attached hydrogen (secondary N) is 1. The number of carboxylic acid groups (broad SMARTS) is 1. The summed E-state index contributed by atoms with van der Waals surface area (Å²) in [5.74, 6) is -0.872. The molecule has 0 atom stereocenters. The van der Waals surface area contributed by atoms with Gasteiger partial charge >= 0.3 is 5.97 Å². The van der Waals surface area contributed by atoms with E-state index in [-0.39, 0.29) is 12.3 Å². The van der Waals surface area contributed by atoms with Gasteiger partial charge in [0.25, 0.3) is 0 Å². The Bertz CT molecular complexity index is 194. The van der Waals surface area contributed by atoms with E-state index in [0.29, 0.717) is 13.0 Å². The third-order valence-electron chi connectivity index (χ3n) is 1.53. The first-order chi connectivity index (χ1) is 6.84. The molecule has 0 heterocycles. The summed E-state index contributed by atoms with van der Waals surface area (Å²) in [5.41, 5.74) is -0.400. The van der Waals surface area contributed by atoms with Gasteiger partial charge in [-0.05, 0) is 6.42 Å². The van der Waals surface area contributed by atoms with Gasteiger partial charge in [0.05, 0.1) is 0 Å². The smallest absolute Gasteiger partial charge is 0.303 e. The molecule has 0 saturated carbocycles. The summed E-state index contributed by atoms with van der Waals surface area (Å²) < 4.78 is 0. The quantitative estimate of drug-likeness (QED) is 0.708. The van der Waals surface area contributed by atoms with Gasteiger partial charge in [-0.2, -0.15) is 0 Å². The highest BCUT2D eigenvalue weighted by Gasteiger charge is 2.20. The van der Waals surface area contributed by atoms with Crippen LogP contribution in [0.4, 0.5) is 0 Å². The van der Waals surface area contributed by atoms with Crippen LogP contribution in [0.2, 0.25) is 0 Å². The molecule has 0 saturated heterocycles. The van der Waals surface area contributed by atoms with Crippen molar-refractivity contribution < 1.29 is 14.7 Å². The predicted molar refractivity (Wildman–Crippen MR) is 60.7 cm³/mol. The Hall–Kier alpha value is -1.06. The molecule has 1 amide bonds. The van der Waals surface area contributed by atoms with Crippen LogP contribution in [0.3, 0.4) is 0 Å². The fourth-order valence-electron chi connectivity index (χ4n) is 0.707. The van der Waals surface area contributed by atoms with E-state index >= 15 is 0 Å². The van der Waals surface area contributed by atoms with Gasteiger partial charge in [0.2, 0.25) is 5.91 Å². The molecule has 0 rings (SSSR count). The van der Waals surface area contributed by atoms with E-state index < -0.39 is 11.4 Å². The Kier molecular flexibility index (Phi) is 9.02. The van der Waals surface area contributed by atoms with E-state index in [0.717, 1.165) is 0 Å². The first-order valence-corrected chi connectivity index (χ1v) is 5.34. The van der Waals surface area contributed by atoms with Crippen molar-refractivity contribution >= 4 is 11.9 Å². The zero-order valence-corrected chi connectivity index (χ0v) is 10.4. The van der Waals surface area contributed by atoms with Gasteiger partial charge in [-0.15, -0.1) is 0 Å². The number of amides is 1. The van der Waals surface area contributed by atoms with Crippen LogP contribution in [0.25, 0.3) is 0 Å². The molecule has 0 aliphatic rings. The lowest BCUT2D eigenvalue weighted by Crippen LogP contribution is -2.35. The maximum Gasteiger partial charge on any atom is 0.303 e. The Balaban J connectivity index is 0. The molecule has 0 fully saturated rings. The standard InChI is InChI=1S/C9H17NO3.C2H6/c1-9(2,3)8(13)10-6-4-5-7(11)12;1-2/h4-6H2,1-3H3,(H,10,13)(H,11,12);1-2H3. The molecular formula is C11H23NO3. The van der Waals surface area contributed by atoms with E-state index in [1.807, 2.05) is 34.6 Å². The molecular weight excluding hydrogens is 194 g/mol. The van der Waals surface area contributed by atoms with Crippen LogP contribution in [0, 0.1) is 5.41 Å². The Morgan fingerprint density at radius 2 is 1.67 bits per heavy atom. The SMILES string of the molecule is CC.CC(C)(C)C(=O)NCCCC(=O)O. The van der Waals surface area contributed by atoms with Crippen LogP contribution in [-0.4, -0.2) is 23.5 Å². The van der Waals surface area contributed by atoms with Crippen LogP contribution in [0.1, 0.15) is 47.5 Å². The van der Waals surface area contributed by atoms with E-state index in [2.05, 4.69) is 5.32 Å². The highest BCUT2D eigenvalue weighted by atomic mass is 16.4. The molecule has 4 heteroatoms.